The van der Waals surface area contributed by atoms with E-state index >= 15 is 0 Å². The first kappa shape index (κ1) is 30.5. The number of aliphatic carboxylic acids is 1. The highest BCUT2D eigenvalue weighted by molar-refractivity contribution is 7.82. The summed E-state index contributed by atoms with van der Waals surface area (Å²) in [5, 5.41) is 26.7. The maximum absolute atomic E-state index is 12.9. The smallest absolute Gasteiger partial charge is 0.327 e. The summed E-state index contributed by atoms with van der Waals surface area (Å²) in [4.78, 5) is 49.6. The Balaban J connectivity index is 5.60. The molecule has 0 bridgehead atoms. The van der Waals surface area contributed by atoms with E-state index in [0.29, 0.717) is 0 Å². The predicted octanol–water partition coefficient (Wildman–Crippen LogP) is -0.304. The zero-order valence-corrected chi connectivity index (χ0v) is 21.5. The molecule has 0 aliphatic rings. The number of thiol groups is 2. The molecule has 0 spiro atoms. The molecule has 0 saturated heterocycles. The molecule has 5 atom stereocenters. The molecule has 32 heavy (non-hydrogen) atoms. The van der Waals surface area contributed by atoms with Crippen molar-refractivity contribution in [1.82, 2.24) is 16.0 Å². The van der Waals surface area contributed by atoms with Crippen LogP contribution in [0.3, 0.4) is 0 Å². The fourth-order valence-electron chi connectivity index (χ4n) is 2.72. The van der Waals surface area contributed by atoms with Crippen LogP contribution >= 0.6 is 25.3 Å². The highest BCUT2D eigenvalue weighted by atomic mass is 32.1. The second kappa shape index (κ2) is 12.1. The summed E-state index contributed by atoms with van der Waals surface area (Å²) in [6, 6.07) is -4.87. The number of carbonyl (C=O) groups excluding carboxylic acids is 3. The molecule has 0 unspecified atom stereocenters. The van der Waals surface area contributed by atoms with E-state index in [-0.39, 0.29) is 12.3 Å². The third kappa shape index (κ3) is 9.97. The number of carboxylic acids is 1. The summed E-state index contributed by atoms with van der Waals surface area (Å²) in [6.45, 7) is 11.3. The third-order valence-corrected chi connectivity index (χ3v) is 5.22. The summed E-state index contributed by atoms with van der Waals surface area (Å²) >= 11 is 8.48. The van der Waals surface area contributed by atoms with Crippen molar-refractivity contribution in [3.8, 4) is 0 Å². The number of hydrogen-bond donors (Lipinski definition) is 8. The quantitative estimate of drug-likeness (QED) is 0.172. The van der Waals surface area contributed by atoms with Gasteiger partial charge in [0.15, 0.2) is 0 Å². The van der Waals surface area contributed by atoms with Gasteiger partial charge in [0.1, 0.15) is 18.1 Å². The molecule has 186 valence electrons. The van der Waals surface area contributed by atoms with E-state index in [9.17, 15) is 29.4 Å². The Morgan fingerprint density at radius 2 is 1.38 bits per heavy atom. The zero-order valence-electron chi connectivity index (χ0n) is 19.7. The van der Waals surface area contributed by atoms with Crippen LogP contribution in [0.15, 0.2) is 0 Å². The first-order valence-corrected chi connectivity index (χ1v) is 11.2. The highest BCUT2D eigenvalue weighted by Gasteiger charge is 2.38. The largest absolute Gasteiger partial charge is 0.480 e. The predicted molar refractivity (Wildman–Crippen MR) is 129 cm³/mol. The van der Waals surface area contributed by atoms with Gasteiger partial charge in [-0.3, -0.25) is 14.4 Å². The molecule has 12 heteroatoms. The lowest BCUT2D eigenvalue weighted by molar-refractivity contribution is -0.143. The molecule has 0 fully saturated rings. The summed E-state index contributed by atoms with van der Waals surface area (Å²) in [5.74, 6) is -3.51. The molecule has 10 nitrogen and oxygen atoms in total. The SMILES string of the molecule is CC(C)C[C@H](NC(=O)[C@H](N)C(C)(C)S)C(=O)N[C@H](C(=O)N[C@H](C(=O)O)C(C)(C)S)[C@@H](C)O. The fraction of sp³-hybridized carbons (Fsp3) is 0.800. The Labute approximate surface area is 200 Å². The molecule has 3 amide bonds. The van der Waals surface area contributed by atoms with Crippen LogP contribution < -0.4 is 21.7 Å². The van der Waals surface area contributed by atoms with Crippen LogP contribution in [-0.2, 0) is 19.2 Å². The Kier molecular flexibility index (Phi) is 11.5. The number of nitrogens with one attached hydrogen (secondary N) is 3. The minimum Gasteiger partial charge on any atom is -0.480 e. The summed E-state index contributed by atoms with van der Waals surface area (Å²) < 4.78 is -1.95. The van der Waals surface area contributed by atoms with E-state index in [2.05, 4.69) is 41.2 Å². The number of nitrogens with two attached hydrogens (primary N) is 1. The molecule has 0 rings (SSSR count). The molecule has 0 aliphatic carbocycles. The standard InChI is InChI=1S/C20H38N4O6S2/c1-9(2)8-11(22-17(28)13(21)19(4,5)31)15(26)23-12(10(3)25)16(27)24-14(18(29)30)20(6,7)32/h9-14,25,31-32H,8,21H2,1-7H3,(H,22,28)(H,23,26)(H,24,27)(H,29,30)/t10-,11+,12+,13+,14-/m1/s1. The number of aliphatic hydroxyl groups excluding tert-OH is 1. The lowest BCUT2D eigenvalue weighted by Crippen LogP contribution is -2.62. The van der Waals surface area contributed by atoms with Gasteiger partial charge >= 0.3 is 5.97 Å². The Morgan fingerprint density at radius 1 is 0.875 bits per heavy atom. The van der Waals surface area contributed by atoms with E-state index in [1.54, 1.807) is 13.8 Å². The van der Waals surface area contributed by atoms with Gasteiger partial charge in [0.2, 0.25) is 17.7 Å². The Bertz CT molecular complexity index is 689. The van der Waals surface area contributed by atoms with Crippen molar-refractivity contribution in [3.63, 3.8) is 0 Å². The first-order valence-electron chi connectivity index (χ1n) is 10.3. The second-order valence-electron chi connectivity index (χ2n) is 9.48. The van der Waals surface area contributed by atoms with Crippen molar-refractivity contribution in [1.29, 1.82) is 0 Å². The van der Waals surface area contributed by atoms with Gasteiger partial charge in [-0.05, 0) is 47.0 Å². The summed E-state index contributed by atoms with van der Waals surface area (Å²) in [5.41, 5.74) is 5.91. The van der Waals surface area contributed by atoms with E-state index in [1.165, 1.54) is 20.8 Å². The molecule has 7 N–H and O–H groups in total. The molecule has 0 saturated carbocycles. The van der Waals surface area contributed by atoms with Crippen LogP contribution in [-0.4, -0.2) is 73.7 Å². The zero-order chi connectivity index (χ0) is 25.6. The van der Waals surface area contributed by atoms with Crippen molar-refractivity contribution < 1.29 is 29.4 Å². The number of aliphatic hydroxyl groups is 1. The number of amides is 3. The van der Waals surface area contributed by atoms with E-state index in [1.807, 2.05) is 13.8 Å². The maximum Gasteiger partial charge on any atom is 0.327 e. The van der Waals surface area contributed by atoms with Gasteiger partial charge in [-0.1, -0.05) is 13.8 Å². The minimum absolute atomic E-state index is 0.00600. The van der Waals surface area contributed by atoms with Crippen LogP contribution in [0.2, 0.25) is 0 Å². The van der Waals surface area contributed by atoms with Gasteiger partial charge in [0.25, 0.3) is 0 Å². The molecule has 0 aromatic carbocycles. The Hall–Kier alpha value is -1.50. The van der Waals surface area contributed by atoms with Crippen LogP contribution in [0, 0.1) is 5.92 Å². The molecular formula is C20H38N4O6S2. The van der Waals surface area contributed by atoms with Crippen LogP contribution in [0.1, 0.15) is 54.9 Å². The van der Waals surface area contributed by atoms with Gasteiger partial charge in [-0.15, -0.1) is 0 Å². The average molecular weight is 495 g/mol. The minimum atomic E-state index is -1.46. The van der Waals surface area contributed by atoms with Crippen molar-refractivity contribution in [2.75, 3.05) is 0 Å². The average Bonchev–Trinajstić information content (AvgIpc) is 2.59. The van der Waals surface area contributed by atoms with Crippen LogP contribution in [0.5, 0.6) is 0 Å². The van der Waals surface area contributed by atoms with Crippen molar-refractivity contribution in [2.45, 2.75) is 94.7 Å². The van der Waals surface area contributed by atoms with Crippen LogP contribution in [0.25, 0.3) is 0 Å². The monoisotopic (exact) mass is 494 g/mol. The van der Waals surface area contributed by atoms with Crippen molar-refractivity contribution in [2.24, 2.45) is 11.7 Å². The first-order chi connectivity index (χ1) is 14.3. The molecule has 0 aromatic rings. The topological polar surface area (TPSA) is 171 Å². The van der Waals surface area contributed by atoms with Crippen molar-refractivity contribution in [3.05, 3.63) is 0 Å². The summed E-state index contributed by atoms with van der Waals surface area (Å²) in [6.07, 6.45) is -1.10. The fourth-order valence-corrected chi connectivity index (χ4v) is 3.01. The summed E-state index contributed by atoms with van der Waals surface area (Å²) in [7, 11) is 0. The number of carbonyl (C=O) groups is 4. The van der Waals surface area contributed by atoms with Crippen LogP contribution in [0.4, 0.5) is 0 Å². The lowest BCUT2D eigenvalue weighted by Gasteiger charge is -2.31. The van der Waals surface area contributed by atoms with Gasteiger partial charge in [-0.25, -0.2) is 4.79 Å². The molecular weight excluding hydrogens is 456 g/mol. The number of hydrogen-bond acceptors (Lipinski definition) is 8. The molecule has 0 aliphatic heterocycles. The van der Waals surface area contributed by atoms with E-state index in [4.69, 9.17) is 5.73 Å². The highest BCUT2D eigenvalue weighted by Crippen LogP contribution is 2.19. The molecule has 0 radical (unpaired) electrons. The Morgan fingerprint density at radius 3 is 1.72 bits per heavy atom. The van der Waals surface area contributed by atoms with Gasteiger partial charge < -0.3 is 31.9 Å². The lowest BCUT2D eigenvalue weighted by atomic mass is 9.99. The normalized spacial score (nSPS) is 17.0. The van der Waals surface area contributed by atoms with Gasteiger partial charge in [-0.2, -0.15) is 25.3 Å². The van der Waals surface area contributed by atoms with E-state index < -0.39 is 63.5 Å². The number of carboxylic acid groups (broad SMARTS) is 1. The molecule has 0 aromatic heterocycles. The van der Waals surface area contributed by atoms with Gasteiger partial charge in [0, 0.05) is 9.49 Å². The maximum atomic E-state index is 12.9. The van der Waals surface area contributed by atoms with Gasteiger partial charge in [0.05, 0.1) is 12.1 Å². The van der Waals surface area contributed by atoms with Crippen molar-refractivity contribution >= 4 is 48.9 Å². The third-order valence-electron chi connectivity index (χ3n) is 4.69. The second-order valence-corrected chi connectivity index (χ2v) is 11.8. The molecule has 0 heterocycles. The number of rotatable bonds is 12. The van der Waals surface area contributed by atoms with E-state index in [0.717, 1.165) is 0 Å².